The molecular formula is C14H14N4O2S. The molecule has 6 nitrogen and oxygen atoms in total. The van der Waals surface area contributed by atoms with E-state index in [-0.39, 0.29) is 5.75 Å². The molecule has 3 rings (SSSR count). The summed E-state index contributed by atoms with van der Waals surface area (Å²) in [5, 5.41) is 14.5. The summed E-state index contributed by atoms with van der Waals surface area (Å²) in [4.78, 5) is 8.87. The fraction of sp³-hybridized carbons (Fsp3) is 0.214. The summed E-state index contributed by atoms with van der Waals surface area (Å²) < 4.78 is 6.96. The fourth-order valence-electron chi connectivity index (χ4n) is 2.25. The molecule has 0 spiro atoms. The van der Waals surface area contributed by atoms with Crippen LogP contribution in [0.2, 0.25) is 0 Å². The van der Waals surface area contributed by atoms with E-state index in [1.807, 2.05) is 13.8 Å². The molecule has 108 valence electrons. The molecule has 0 radical (unpaired) electrons. The summed E-state index contributed by atoms with van der Waals surface area (Å²) in [5.41, 5.74) is 2.80. The number of thiol groups is 1. The number of aromatic hydroxyl groups is 1. The first kappa shape index (κ1) is 13.7. The van der Waals surface area contributed by atoms with Crippen LogP contribution in [0.25, 0.3) is 16.9 Å². The number of imidazole rings is 1. The number of ether oxygens (including phenoxy) is 1. The highest BCUT2D eigenvalue weighted by Crippen LogP contribution is 2.36. The largest absolute Gasteiger partial charge is 0.508 e. The Hall–Kier alpha value is -2.28. The van der Waals surface area contributed by atoms with E-state index in [0.29, 0.717) is 27.9 Å². The number of rotatable bonds is 2. The third-order valence-electron chi connectivity index (χ3n) is 3.17. The molecule has 0 aliphatic rings. The number of phenols is 1. The average molecular weight is 302 g/mol. The lowest BCUT2D eigenvalue weighted by Crippen LogP contribution is -2.00. The molecule has 2 aromatic heterocycles. The Morgan fingerprint density at radius 2 is 2.00 bits per heavy atom. The van der Waals surface area contributed by atoms with Crippen molar-refractivity contribution in [3.63, 3.8) is 0 Å². The molecule has 1 N–H and O–H groups in total. The lowest BCUT2D eigenvalue weighted by molar-refractivity contribution is 0.409. The van der Waals surface area contributed by atoms with Crippen LogP contribution in [-0.2, 0) is 0 Å². The minimum absolute atomic E-state index is 0.131. The summed E-state index contributed by atoms with van der Waals surface area (Å²) in [5.74, 6) is 1.31. The Labute approximate surface area is 126 Å². The molecule has 0 amide bonds. The Bertz CT molecular complexity index is 845. The topological polar surface area (TPSA) is 72.5 Å². The fourth-order valence-corrected chi connectivity index (χ4v) is 2.56. The van der Waals surface area contributed by atoms with Gasteiger partial charge in [0.05, 0.1) is 12.8 Å². The maximum atomic E-state index is 9.56. The van der Waals surface area contributed by atoms with Gasteiger partial charge in [-0.3, -0.25) is 0 Å². The van der Waals surface area contributed by atoms with Gasteiger partial charge in [-0.25, -0.2) is 14.5 Å². The summed E-state index contributed by atoms with van der Waals surface area (Å²) in [7, 11) is 1.54. The zero-order chi connectivity index (χ0) is 15.1. The van der Waals surface area contributed by atoms with Crippen molar-refractivity contribution in [3.8, 4) is 22.8 Å². The molecule has 3 aromatic rings. The predicted molar refractivity (Wildman–Crippen MR) is 81.2 cm³/mol. The Balaban J connectivity index is 2.31. The van der Waals surface area contributed by atoms with Crippen molar-refractivity contribution < 1.29 is 9.84 Å². The number of benzene rings is 1. The van der Waals surface area contributed by atoms with Gasteiger partial charge >= 0.3 is 0 Å². The van der Waals surface area contributed by atoms with Gasteiger partial charge in [-0.1, -0.05) is 0 Å². The number of hydrogen-bond donors (Lipinski definition) is 2. The lowest BCUT2D eigenvalue weighted by Gasteiger charge is -2.07. The summed E-state index contributed by atoms with van der Waals surface area (Å²) in [6.45, 7) is 3.70. The van der Waals surface area contributed by atoms with E-state index < -0.39 is 0 Å². The van der Waals surface area contributed by atoms with Crippen LogP contribution in [0.3, 0.4) is 0 Å². The molecule has 0 fully saturated rings. The summed E-state index contributed by atoms with van der Waals surface area (Å²) in [6, 6.07) is 4.86. The van der Waals surface area contributed by atoms with Gasteiger partial charge in [-0.05, 0) is 26.0 Å². The van der Waals surface area contributed by atoms with Crippen LogP contribution in [-0.4, -0.2) is 31.8 Å². The van der Waals surface area contributed by atoms with Gasteiger partial charge in [0.2, 0.25) is 0 Å². The first-order valence-electron chi connectivity index (χ1n) is 6.31. The van der Waals surface area contributed by atoms with Gasteiger partial charge in [0.1, 0.15) is 28.0 Å². The van der Waals surface area contributed by atoms with E-state index in [1.54, 1.807) is 23.8 Å². The number of methoxy groups -OCH3 is 1. The standard InChI is InChI=1S/C14H14N4O2S/c1-7-13-16-12(14(21)18(13)17-8(2)15-7)10-5-4-9(19)6-11(10)20-3/h4-6,19,21H,1-3H3. The van der Waals surface area contributed by atoms with E-state index in [0.717, 1.165) is 11.3 Å². The first-order valence-corrected chi connectivity index (χ1v) is 6.76. The van der Waals surface area contributed by atoms with Gasteiger partial charge < -0.3 is 9.84 Å². The summed E-state index contributed by atoms with van der Waals surface area (Å²) >= 11 is 4.53. The normalized spacial score (nSPS) is 11.0. The third kappa shape index (κ3) is 2.19. The van der Waals surface area contributed by atoms with Crippen LogP contribution in [0.1, 0.15) is 11.5 Å². The molecule has 0 saturated heterocycles. The number of hydrogen-bond acceptors (Lipinski definition) is 6. The average Bonchev–Trinajstić information content (AvgIpc) is 2.77. The minimum Gasteiger partial charge on any atom is -0.508 e. The zero-order valence-corrected chi connectivity index (χ0v) is 12.7. The molecule has 0 saturated carbocycles. The van der Waals surface area contributed by atoms with E-state index >= 15 is 0 Å². The zero-order valence-electron chi connectivity index (χ0n) is 11.8. The van der Waals surface area contributed by atoms with Gasteiger partial charge in [-0.2, -0.15) is 5.10 Å². The third-order valence-corrected chi connectivity index (χ3v) is 3.57. The maximum Gasteiger partial charge on any atom is 0.176 e. The molecule has 1 aromatic carbocycles. The Kier molecular flexibility index (Phi) is 3.21. The van der Waals surface area contributed by atoms with Crippen molar-refractivity contribution in [2.45, 2.75) is 18.9 Å². The number of aryl methyl sites for hydroxylation is 2. The first-order chi connectivity index (χ1) is 10.0. The highest BCUT2D eigenvalue weighted by molar-refractivity contribution is 7.80. The summed E-state index contributed by atoms with van der Waals surface area (Å²) in [6.07, 6.45) is 0. The molecule has 7 heteroatoms. The molecule has 2 heterocycles. The Morgan fingerprint density at radius 1 is 1.24 bits per heavy atom. The molecule has 0 bridgehead atoms. The molecule has 0 aliphatic carbocycles. The van der Waals surface area contributed by atoms with Crippen LogP contribution >= 0.6 is 12.6 Å². The van der Waals surface area contributed by atoms with Crippen molar-refractivity contribution >= 4 is 18.3 Å². The van der Waals surface area contributed by atoms with Crippen molar-refractivity contribution in [2.24, 2.45) is 0 Å². The van der Waals surface area contributed by atoms with Crippen LogP contribution in [0.4, 0.5) is 0 Å². The Morgan fingerprint density at radius 3 is 2.71 bits per heavy atom. The smallest absolute Gasteiger partial charge is 0.176 e. The second-order valence-corrected chi connectivity index (χ2v) is 5.07. The van der Waals surface area contributed by atoms with Crippen LogP contribution in [0.15, 0.2) is 23.2 Å². The van der Waals surface area contributed by atoms with Crippen LogP contribution < -0.4 is 4.74 Å². The van der Waals surface area contributed by atoms with Crippen LogP contribution in [0.5, 0.6) is 11.5 Å². The van der Waals surface area contributed by atoms with Gasteiger partial charge in [0.25, 0.3) is 0 Å². The monoisotopic (exact) mass is 302 g/mol. The quantitative estimate of drug-likeness (QED) is 0.711. The van der Waals surface area contributed by atoms with Gasteiger partial charge in [0, 0.05) is 11.6 Å². The molecule has 0 unspecified atom stereocenters. The van der Waals surface area contributed by atoms with E-state index in [9.17, 15) is 5.11 Å². The molecule has 21 heavy (non-hydrogen) atoms. The SMILES string of the molecule is COc1cc(O)ccc1-c1nc2c(C)nc(C)nn2c1S. The van der Waals surface area contributed by atoms with Crippen molar-refractivity contribution in [1.29, 1.82) is 0 Å². The van der Waals surface area contributed by atoms with Crippen molar-refractivity contribution in [3.05, 3.63) is 29.7 Å². The number of nitrogens with zero attached hydrogens (tertiary/aromatic N) is 4. The lowest BCUT2D eigenvalue weighted by atomic mass is 10.1. The van der Waals surface area contributed by atoms with Crippen LogP contribution in [0, 0.1) is 13.8 Å². The highest BCUT2D eigenvalue weighted by atomic mass is 32.1. The maximum absolute atomic E-state index is 9.56. The van der Waals surface area contributed by atoms with E-state index in [2.05, 4.69) is 27.7 Å². The molecular weight excluding hydrogens is 288 g/mol. The second-order valence-electron chi connectivity index (χ2n) is 4.65. The van der Waals surface area contributed by atoms with E-state index in [4.69, 9.17) is 4.74 Å². The van der Waals surface area contributed by atoms with Gasteiger partial charge in [0.15, 0.2) is 5.65 Å². The molecule has 0 aliphatic heterocycles. The second kappa shape index (κ2) is 4.92. The number of aromatic nitrogens is 4. The number of fused-ring (bicyclic) bond motifs is 1. The predicted octanol–water partition coefficient (Wildman–Crippen LogP) is 2.41. The minimum atomic E-state index is 0.131. The van der Waals surface area contributed by atoms with Crippen molar-refractivity contribution in [1.82, 2.24) is 19.6 Å². The molecule has 0 atom stereocenters. The van der Waals surface area contributed by atoms with Crippen molar-refractivity contribution in [2.75, 3.05) is 7.11 Å². The van der Waals surface area contributed by atoms with E-state index in [1.165, 1.54) is 6.07 Å². The van der Waals surface area contributed by atoms with Gasteiger partial charge in [-0.15, -0.1) is 12.6 Å². The number of phenolic OH excluding ortho intramolecular Hbond substituents is 1. The highest BCUT2D eigenvalue weighted by Gasteiger charge is 2.18.